The number of carbonyl (C=O) groups excluding carboxylic acids is 1. The number of rotatable bonds is 4. The van der Waals surface area contributed by atoms with Crippen molar-refractivity contribution < 1.29 is 9.53 Å². The number of ether oxygens (including phenoxy) is 1. The third kappa shape index (κ3) is 4.45. The number of methoxy groups -OCH3 is 1. The van der Waals surface area contributed by atoms with E-state index in [1.54, 1.807) is 0 Å². The highest BCUT2D eigenvalue weighted by Crippen LogP contribution is 2.37. The first kappa shape index (κ1) is 15.8. The highest BCUT2D eigenvalue weighted by molar-refractivity contribution is 5.69. The van der Waals surface area contributed by atoms with Gasteiger partial charge in [0.1, 0.15) is 0 Å². The molecule has 2 aliphatic rings. The number of nitrogens with zero attached hydrogens (tertiary/aromatic N) is 2. The van der Waals surface area contributed by atoms with E-state index < -0.39 is 0 Å². The standard InChI is InChI=1S/C16H30N2O2/c1-16(2)7-4-5-14(13-16)18-11-9-17(10-12-18)8-6-15(19)20-3/h14H,4-13H2,1-3H3. The Morgan fingerprint density at radius 3 is 2.55 bits per heavy atom. The molecule has 1 saturated heterocycles. The summed E-state index contributed by atoms with van der Waals surface area (Å²) in [6.45, 7) is 10.2. The van der Waals surface area contributed by atoms with Gasteiger partial charge in [0.25, 0.3) is 0 Å². The highest BCUT2D eigenvalue weighted by Gasteiger charge is 2.32. The Morgan fingerprint density at radius 1 is 1.25 bits per heavy atom. The molecular formula is C16H30N2O2. The third-order valence-corrected chi connectivity index (χ3v) is 4.96. The largest absolute Gasteiger partial charge is 0.469 e. The van der Waals surface area contributed by atoms with Gasteiger partial charge in [-0.15, -0.1) is 0 Å². The molecular weight excluding hydrogens is 252 g/mol. The topological polar surface area (TPSA) is 32.8 Å². The van der Waals surface area contributed by atoms with Crippen molar-refractivity contribution in [2.45, 2.75) is 52.0 Å². The van der Waals surface area contributed by atoms with Crippen LogP contribution in [0.2, 0.25) is 0 Å². The van der Waals surface area contributed by atoms with E-state index in [2.05, 4.69) is 23.6 Å². The zero-order valence-electron chi connectivity index (χ0n) is 13.4. The lowest BCUT2D eigenvalue weighted by Gasteiger charge is -2.44. The molecule has 0 N–H and O–H groups in total. The number of hydrogen-bond donors (Lipinski definition) is 0. The van der Waals surface area contributed by atoms with Crippen molar-refractivity contribution in [1.82, 2.24) is 9.80 Å². The summed E-state index contributed by atoms with van der Waals surface area (Å²) >= 11 is 0. The van der Waals surface area contributed by atoms with Crippen LogP contribution in [-0.2, 0) is 9.53 Å². The molecule has 0 spiro atoms. The van der Waals surface area contributed by atoms with Gasteiger partial charge in [-0.05, 0) is 24.7 Å². The molecule has 1 heterocycles. The van der Waals surface area contributed by atoms with Crippen LogP contribution in [0.25, 0.3) is 0 Å². The number of hydrogen-bond acceptors (Lipinski definition) is 4. The van der Waals surface area contributed by atoms with Gasteiger partial charge in [0.15, 0.2) is 0 Å². The van der Waals surface area contributed by atoms with Crippen molar-refractivity contribution >= 4 is 5.97 Å². The van der Waals surface area contributed by atoms with Gasteiger partial charge >= 0.3 is 5.97 Å². The second-order valence-electron chi connectivity index (χ2n) is 7.12. The summed E-state index contributed by atoms with van der Waals surface area (Å²) in [7, 11) is 1.46. The molecule has 1 aliphatic heterocycles. The van der Waals surface area contributed by atoms with Crippen LogP contribution in [0.3, 0.4) is 0 Å². The Labute approximate surface area is 123 Å². The Morgan fingerprint density at radius 2 is 1.95 bits per heavy atom. The molecule has 1 atom stereocenters. The molecule has 0 radical (unpaired) electrons. The Hall–Kier alpha value is -0.610. The summed E-state index contributed by atoms with van der Waals surface area (Å²) < 4.78 is 4.70. The van der Waals surface area contributed by atoms with E-state index in [-0.39, 0.29) is 5.97 Å². The molecule has 4 nitrogen and oxygen atoms in total. The molecule has 0 aromatic carbocycles. The molecule has 2 fully saturated rings. The van der Waals surface area contributed by atoms with Crippen molar-refractivity contribution in [2.24, 2.45) is 5.41 Å². The first-order valence-electron chi connectivity index (χ1n) is 8.03. The smallest absolute Gasteiger partial charge is 0.306 e. The fourth-order valence-corrected chi connectivity index (χ4v) is 3.67. The number of carbonyl (C=O) groups is 1. The zero-order chi connectivity index (χ0) is 14.6. The van der Waals surface area contributed by atoms with Crippen LogP contribution in [0.5, 0.6) is 0 Å². The highest BCUT2D eigenvalue weighted by atomic mass is 16.5. The van der Waals surface area contributed by atoms with Crippen molar-refractivity contribution in [2.75, 3.05) is 39.8 Å². The second kappa shape index (κ2) is 6.90. The number of piperazine rings is 1. The third-order valence-electron chi connectivity index (χ3n) is 4.96. The molecule has 1 aliphatic carbocycles. The van der Waals surface area contributed by atoms with Crippen LogP contribution in [0.4, 0.5) is 0 Å². The Kier molecular flexibility index (Phi) is 5.44. The summed E-state index contributed by atoms with van der Waals surface area (Å²) in [6.07, 6.45) is 5.98. The van der Waals surface area contributed by atoms with Gasteiger partial charge in [0.2, 0.25) is 0 Å². The van der Waals surface area contributed by atoms with Gasteiger partial charge in [-0.2, -0.15) is 0 Å². The van der Waals surface area contributed by atoms with E-state index in [1.807, 2.05) is 0 Å². The molecule has 116 valence electrons. The Balaban J connectivity index is 1.72. The van der Waals surface area contributed by atoms with Gasteiger partial charge < -0.3 is 9.64 Å². The predicted molar refractivity (Wildman–Crippen MR) is 80.7 cm³/mol. The molecule has 0 aromatic rings. The van der Waals surface area contributed by atoms with Crippen LogP contribution in [0.15, 0.2) is 0 Å². The Bertz CT molecular complexity index is 322. The molecule has 0 amide bonds. The fraction of sp³-hybridized carbons (Fsp3) is 0.938. The fourth-order valence-electron chi connectivity index (χ4n) is 3.67. The van der Waals surface area contributed by atoms with Crippen molar-refractivity contribution in [1.29, 1.82) is 0 Å². The summed E-state index contributed by atoms with van der Waals surface area (Å²) in [4.78, 5) is 16.2. The van der Waals surface area contributed by atoms with Gasteiger partial charge in [-0.3, -0.25) is 9.69 Å². The average molecular weight is 282 g/mol. The van der Waals surface area contributed by atoms with Gasteiger partial charge in [0.05, 0.1) is 13.5 Å². The second-order valence-corrected chi connectivity index (χ2v) is 7.12. The van der Waals surface area contributed by atoms with E-state index >= 15 is 0 Å². The maximum Gasteiger partial charge on any atom is 0.306 e. The summed E-state index contributed by atoms with van der Waals surface area (Å²) in [6, 6.07) is 0.779. The van der Waals surface area contributed by atoms with E-state index in [4.69, 9.17) is 4.74 Å². The molecule has 2 rings (SSSR count). The number of esters is 1. The lowest BCUT2D eigenvalue weighted by Crippen LogP contribution is -2.52. The van der Waals surface area contributed by atoms with E-state index in [1.165, 1.54) is 32.8 Å². The first-order valence-corrected chi connectivity index (χ1v) is 8.03. The van der Waals surface area contributed by atoms with Crippen molar-refractivity contribution in [3.05, 3.63) is 0 Å². The monoisotopic (exact) mass is 282 g/mol. The molecule has 1 saturated carbocycles. The van der Waals surface area contributed by atoms with Gasteiger partial charge in [-0.1, -0.05) is 20.3 Å². The van der Waals surface area contributed by atoms with Crippen molar-refractivity contribution in [3.63, 3.8) is 0 Å². The zero-order valence-corrected chi connectivity index (χ0v) is 13.4. The normalized spacial score (nSPS) is 28.2. The molecule has 0 aromatic heterocycles. The average Bonchev–Trinajstić information content (AvgIpc) is 2.44. The van der Waals surface area contributed by atoms with E-state index in [9.17, 15) is 4.79 Å². The van der Waals surface area contributed by atoms with Crippen LogP contribution in [0, 0.1) is 5.41 Å². The SMILES string of the molecule is COC(=O)CCN1CCN(C2CCCC(C)(C)C2)CC1. The minimum absolute atomic E-state index is 0.0959. The lowest BCUT2D eigenvalue weighted by atomic mass is 9.74. The molecule has 1 unspecified atom stereocenters. The van der Waals surface area contributed by atoms with Crippen molar-refractivity contribution in [3.8, 4) is 0 Å². The first-order chi connectivity index (χ1) is 9.50. The maximum absolute atomic E-state index is 11.2. The van der Waals surface area contributed by atoms with E-state index in [0.29, 0.717) is 11.8 Å². The molecule has 0 bridgehead atoms. The maximum atomic E-state index is 11.2. The minimum atomic E-state index is -0.0959. The van der Waals surface area contributed by atoms with Crippen LogP contribution >= 0.6 is 0 Å². The molecule has 4 heteroatoms. The van der Waals surface area contributed by atoms with Gasteiger partial charge in [0, 0.05) is 38.8 Å². The predicted octanol–water partition coefficient (Wildman–Crippen LogP) is 2.14. The quantitative estimate of drug-likeness (QED) is 0.740. The summed E-state index contributed by atoms with van der Waals surface area (Å²) in [5, 5.41) is 0. The lowest BCUT2D eigenvalue weighted by molar-refractivity contribution is -0.141. The summed E-state index contributed by atoms with van der Waals surface area (Å²) in [5.41, 5.74) is 0.519. The van der Waals surface area contributed by atoms with Crippen LogP contribution in [0.1, 0.15) is 46.0 Å². The van der Waals surface area contributed by atoms with Crippen LogP contribution in [-0.4, -0.2) is 61.6 Å². The van der Waals surface area contributed by atoms with Crippen LogP contribution < -0.4 is 0 Å². The minimum Gasteiger partial charge on any atom is -0.469 e. The van der Waals surface area contributed by atoms with Gasteiger partial charge in [-0.25, -0.2) is 0 Å². The summed E-state index contributed by atoms with van der Waals surface area (Å²) in [5.74, 6) is -0.0959. The molecule has 20 heavy (non-hydrogen) atoms. The van der Waals surface area contributed by atoms with E-state index in [0.717, 1.165) is 38.8 Å².